The van der Waals surface area contributed by atoms with E-state index in [0.717, 1.165) is 11.4 Å². The SMILES string of the molecule is CC(C)N(C(=O)Cn1cc(CCN)nn1)c1ccccc1. The summed E-state index contributed by atoms with van der Waals surface area (Å²) in [4.78, 5) is 14.3. The standard InChI is InChI=1S/C15H21N5O/c1-12(2)20(14-6-4-3-5-7-14)15(21)11-19-10-13(8-9-16)17-18-19/h3-7,10,12H,8-9,11,16H2,1-2H3. The number of nitrogens with two attached hydrogens (primary N) is 1. The van der Waals surface area contributed by atoms with Crippen molar-refractivity contribution in [1.29, 1.82) is 0 Å². The number of nitrogens with zero attached hydrogens (tertiary/aromatic N) is 4. The molecule has 112 valence electrons. The first-order chi connectivity index (χ1) is 10.1. The Balaban J connectivity index is 2.12. The topological polar surface area (TPSA) is 77.0 Å². The highest BCUT2D eigenvalue weighted by Gasteiger charge is 2.19. The molecule has 21 heavy (non-hydrogen) atoms. The van der Waals surface area contributed by atoms with Gasteiger partial charge < -0.3 is 10.6 Å². The fourth-order valence-corrected chi connectivity index (χ4v) is 2.21. The average Bonchev–Trinajstić information content (AvgIpc) is 2.87. The van der Waals surface area contributed by atoms with E-state index in [2.05, 4.69) is 10.3 Å². The molecule has 0 saturated heterocycles. The number of carbonyl (C=O) groups excluding carboxylic acids is 1. The summed E-state index contributed by atoms with van der Waals surface area (Å²) in [6.45, 7) is 4.68. The Morgan fingerprint density at radius 3 is 2.67 bits per heavy atom. The highest BCUT2D eigenvalue weighted by atomic mass is 16.2. The summed E-state index contributed by atoms with van der Waals surface area (Å²) in [5.74, 6) is -0.0135. The number of para-hydroxylation sites is 1. The number of hydrogen-bond acceptors (Lipinski definition) is 4. The minimum absolute atomic E-state index is 0.0135. The molecule has 2 rings (SSSR count). The normalized spacial score (nSPS) is 10.9. The Labute approximate surface area is 124 Å². The number of benzene rings is 1. The molecule has 0 aliphatic rings. The lowest BCUT2D eigenvalue weighted by atomic mass is 10.2. The summed E-state index contributed by atoms with van der Waals surface area (Å²) in [6.07, 6.45) is 2.44. The van der Waals surface area contributed by atoms with Gasteiger partial charge in [0.25, 0.3) is 0 Å². The van der Waals surface area contributed by atoms with E-state index in [9.17, 15) is 4.79 Å². The summed E-state index contributed by atoms with van der Waals surface area (Å²) in [5, 5.41) is 7.97. The number of carbonyl (C=O) groups is 1. The molecule has 0 radical (unpaired) electrons. The molecule has 0 aliphatic heterocycles. The minimum Gasteiger partial charge on any atom is -0.330 e. The van der Waals surface area contributed by atoms with Crippen molar-refractivity contribution in [2.24, 2.45) is 5.73 Å². The predicted molar refractivity (Wildman–Crippen MR) is 81.8 cm³/mol. The van der Waals surface area contributed by atoms with Crippen molar-refractivity contribution in [3.63, 3.8) is 0 Å². The molecule has 0 saturated carbocycles. The molecule has 0 atom stereocenters. The lowest BCUT2D eigenvalue weighted by molar-refractivity contribution is -0.119. The fraction of sp³-hybridized carbons (Fsp3) is 0.400. The molecule has 6 nitrogen and oxygen atoms in total. The third kappa shape index (κ3) is 3.88. The van der Waals surface area contributed by atoms with Crippen LogP contribution in [0.4, 0.5) is 5.69 Å². The fourth-order valence-electron chi connectivity index (χ4n) is 2.21. The largest absolute Gasteiger partial charge is 0.330 e. The zero-order chi connectivity index (χ0) is 15.2. The maximum atomic E-state index is 12.5. The Hall–Kier alpha value is -2.21. The summed E-state index contributed by atoms with van der Waals surface area (Å²) in [5.41, 5.74) is 7.18. The molecule has 1 aromatic heterocycles. The first-order valence-corrected chi connectivity index (χ1v) is 7.08. The number of aromatic nitrogens is 3. The predicted octanol–water partition coefficient (Wildman–Crippen LogP) is 1.22. The molecule has 0 aliphatic carbocycles. The van der Waals surface area contributed by atoms with E-state index >= 15 is 0 Å². The Morgan fingerprint density at radius 2 is 2.05 bits per heavy atom. The molecule has 0 unspecified atom stereocenters. The van der Waals surface area contributed by atoms with Gasteiger partial charge in [0.2, 0.25) is 5.91 Å². The third-order valence-corrected chi connectivity index (χ3v) is 3.10. The van der Waals surface area contributed by atoms with Crippen LogP contribution in [0.1, 0.15) is 19.5 Å². The number of amides is 1. The lowest BCUT2D eigenvalue weighted by Gasteiger charge is -2.26. The summed E-state index contributed by atoms with van der Waals surface area (Å²) in [7, 11) is 0. The van der Waals surface area contributed by atoms with Gasteiger partial charge in [0.15, 0.2) is 0 Å². The molecule has 1 heterocycles. The van der Waals surface area contributed by atoms with Crippen LogP contribution in [0.15, 0.2) is 36.5 Å². The molecule has 2 N–H and O–H groups in total. The first-order valence-electron chi connectivity index (χ1n) is 7.08. The smallest absolute Gasteiger partial charge is 0.249 e. The van der Waals surface area contributed by atoms with E-state index in [1.807, 2.05) is 44.2 Å². The second-order valence-corrected chi connectivity index (χ2v) is 5.14. The van der Waals surface area contributed by atoms with Crippen LogP contribution in [0.3, 0.4) is 0 Å². The molecule has 0 spiro atoms. The Bertz CT molecular complexity index is 579. The van der Waals surface area contributed by atoms with Crippen molar-refractivity contribution in [2.75, 3.05) is 11.4 Å². The van der Waals surface area contributed by atoms with Crippen LogP contribution in [0.25, 0.3) is 0 Å². The van der Waals surface area contributed by atoms with Crippen molar-refractivity contribution in [2.45, 2.75) is 32.9 Å². The highest BCUT2D eigenvalue weighted by molar-refractivity contribution is 5.93. The zero-order valence-electron chi connectivity index (χ0n) is 12.4. The van der Waals surface area contributed by atoms with Gasteiger partial charge in [-0.1, -0.05) is 23.4 Å². The van der Waals surface area contributed by atoms with Gasteiger partial charge in [-0.05, 0) is 32.5 Å². The van der Waals surface area contributed by atoms with Gasteiger partial charge in [0.05, 0.1) is 5.69 Å². The molecule has 1 amide bonds. The second-order valence-electron chi connectivity index (χ2n) is 5.14. The molecular weight excluding hydrogens is 266 g/mol. The van der Waals surface area contributed by atoms with Crippen LogP contribution in [-0.2, 0) is 17.8 Å². The average molecular weight is 287 g/mol. The van der Waals surface area contributed by atoms with Gasteiger partial charge in [-0.2, -0.15) is 0 Å². The van der Waals surface area contributed by atoms with E-state index < -0.39 is 0 Å². The van der Waals surface area contributed by atoms with Crippen LogP contribution >= 0.6 is 0 Å². The number of rotatable bonds is 6. The van der Waals surface area contributed by atoms with Crippen molar-refractivity contribution >= 4 is 11.6 Å². The third-order valence-electron chi connectivity index (χ3n) is 3.10. The summed E-state index contributed by atoms with van der Waals surface area (Å²) < 4.78 is 1.56. The van der Waals surface area contributed by atoms with Crippen LogP contribution < -0.4 is 10.6 Å². The highest BCUT2D eigenvalue weighted by Crippen LogP contribution is 2.17. The van der Waals surface area contributed by atoms with Crippen LogP contribution in [0, 0.1) is 0 Å². The number of anilines is 1. The Morgan fingerprint density at radius 1 is 1.33 bits per heavy atom. The van der Waals surface area contributed by atoms with Gasteiger partial charge in [-0.25, -0.2) is 4.68 Å². The second kappa shape index (κ2) is 6.99. The van der Waals surface area contributed by atoms with Gasteiger partial charge >= 0.3 is 0 Å². The van der Waals surface area contributed by atoms with E-state index in [4.69, 9.17) is 5.73 Å². The minimum atomic E-state index is -0.0135. The molecule has 6 heteroatoms. The van der Waals surface area contributed by atoms with E-state index in [0.29, 0.717) is 13.0 Å². The van der Waals surface area contributed by atoms with Gasteiger partial charge in [-0.15, -0.1) is 5.10 Å². The summed E-state index contributed by atoms with van der Waals surface area (Å²) >= 11 is 0. The van der Waals surface area contributed by atoms with Gasteiger partial charge in [0, 0.05) is 24.3 Å². The maximum absolute atomic E-state index is 12.5. The van der Waals surface area contributed by atoms with Crippen molar-refractivity contribution in [3.8, 4) is 0 Å². The van der Waals surface area contributed by atoms with Crippen LogP contribution in [0.5, 0.6) is 0 Å². The molecule has 1 aromatic carbocycles. The Kier molecular flexibility index (Phi) is 5.05. The molecule has 2 aromatic rings. The van der Waals surface area contributed by atoms with E-state index in [-0.39, 0.29) is 18.5 Å². The first kappa shape index (κ1) is 15.2. The summed E-state index contributed by atoms with van der Waals surface area (Å²) in [6, 6.07) is 9.72. The van der Waals surface area contributed by atoms with Gasteiger partial charge in [0.1, 0.15) is 6.54 Å². The molecular formula is C15H21N5O. The van der Waals surface area contributed by atoms with Crippen molar-refractivity contribution in [3.05, 3.63) is 42.2 Å². The monoisotopic (exact) mass is 287 g/mol. The zero-order valence-corrected chi connectivity index (χ0v) is 12.4. The van der Waals surface area contributed by atoms with E-state index in [1.54, 1.807) is 15.8 Å². The molecule has 0 bridgehead atoms. The van der Waals surface area contributed by atoms with E-state index in [1.165, 1.54) is 0 Å². The molecule has 0 fully saturated rings. The van der Waals surface area contributed by atoms with Crippen molar-refractivity contribution in [1.82, 2.24) is 15.0 Å². The van der Waals surface area contributed by atoms with Crippen LogP contribution in [0.2, 0.25) is 0 Å². The van der Waals surface area contributed by atoms with Gasteiger partial charge in [-0.3, -0.25) is 4.79 Å². The quantitative estimate of drug-likeness (QED) is 0.866. The lowest BCUT2D eigenvalue weighted by Crippen LogP contribution is -2.39. The van der Waals surface area contributed by atoms with Crippen molar-refractivity contribution < 1.29 is 4.79 Å². The number of hydrogen-bond donors (Lipinski definition) is 1. The maximum Gasteiger partial charge on any atom is 0.249 e. The van der Waals surface area contributed by atoms with Crippen LogP contribution in [-0.4, -0.2) is 33.5 Å².